The van der Waals surface area contributed by atoms with E-state index in [9.17, 15) is 9.90 Å². The van der Waals surface area contributed by atoms with Gasteiger partial charge in [-0.15, -0.1) is 0 Å². The van der Waals surface area contributed by atoms with Crippen molar-refractivity contribution in [3.8, 4) is 17.0 Å². The maximum Gasteiger partial charge on any atom is 0.256 e. The Balaban J connectivity index is 1.78. The van der Waals surface area contributed by atoms with Gasteiger partial charge >= 0.3 is 0 Å². The van der Waals surface area contributed by atoms with Crippen molar-refractivity contribution in [2.75, 3.05) is 5.32 Å². The van der Waals surface area contributed by atoms with Crippen LogP contribution in [0.5, 0.6) is 5.75 Å². The lowest BCUT2D eigenvalue weighted by molar-refractivity contribution is 0.102. The van der Waals surface area contributed by atoms with Gasteiger partial charge in [0.2, 0.25) is 0 Å². The van der Waals surface area contributed by atoms with Crippen LogP contribution in [0.4, 0.5) is 5.69 Å². The number of para-hydroxylation sites is 1. The second-order valence-electron chi connectivity index (χ2n) is 5.79. The molecule has 0 atom stereocenters. The number of nitrogens with one attached hydrogen (secondary N) is 1. The molecule has 0 saturated heterocycles. The fourth-order valence-electron chi connectivity index (χ4n) is 2.89. The van der Waals surface area contributed by atoms with E-state index in [1.54, 1.807) is 24.3 Å². The third kappa shape index (κ3) is 2.98. The quantitative estimate of drug-likeness (QED) is 0.584. The monoisotopic (exact) mass is 341 g/mol. The van der Waals surface area contributed by atoms with Crippen molar-refractivity contribution < 1.29 is 9.90 Å². The number of hydrogen-bond acceptors (Lipinski definition) is 4. The van der Waals surface area contributed by atoms with Crippen LogP contribution < -0.4 is 5.32 Å². The Morgan fingerprint density at radius 2 is 1.69 bits per heavy atom. The molecule has 4 rings (SSSR count). The lowest BCUT2D eigenvalue weighted by Crippen LogP contribution is -2.13. The molecule has 0 aliphatic rings. The molecule has 0 bridgehead atoms. The van der Waals surface area contributed by atoms with E-state index in [4.69, 9.17) is 0 Å². The molecule has 0 aliphatic carbocycles. The predicted octanol–water partition coefficient (Wildman–Crippen LogP) is 4.25. The molecule has 26 heavy (non-hydrogen) atoms. The second kappa shape index (κ2) is 6.64. The largest absolute Gasteiger partial charge is 0.508 e. The van der Waals surface area contributed by atoms with Crippen LogP contribution in [0.1, 0.15) is 10.4 Å². The summed E-state index contributed by atoms with van der Waals surface area (Å²) < 4.78 is 0. The van der Waals surface area contributed by atoms with Crippen molar-refractivity contribution in [1.29, 1.82) is 0 Å². The van der Waals surface area contributed by atoms with Crippen molar-refractivity contribution in [3.05, 3.63) is 84.7 Å². The molecule has 1 amide bonds. The summed E-state index contributed by atoms with van der Waals surface area (Å²) in [5.41, 5.74) is 3.28. The molecule has 0 unspecified atom stereocenters. The van der Waals surface area contributed by atoms with Crippen molar-refractivity contribution >= 4 is 22.5 Å². The summed E-state index contributed by atoms with van der Waals surface area (Å²) in [4.78, 5) is 21.5. The zero-order valence-corrected chi connectivity index (χ0v) is 13.8. The number of benzene rings is 3. The number of nitrogens with zero attached hydrogens (tertiary/aromatic N) is 2. The topological polar surface area (TPSA) is 75.1 Å². The molecule has 0 spiro atoms. The third-order valence-corrected chi connectivity index (χ3v) is 4.07. The van der Waals surface area contributed by atoms with Gasteiger partial charge in [0.1, 0.15) is 12.1 Å². The highest BCUT2D eigenvalue weighted by Crippen LogP contribution is 2.28. The summed E-state index contributed by atoms with van der Waals surface area (Å²) in [6, 6.07) is 21.4. The number of rotatable bonds is 3. The SMILES string of the molecule is O=C(Nc1cccc(O)c1)c1ccccc1-c1ncnc2ccccc12. The van der Waals surface area contributed by atoms with Crippen LogP contribution in [0.2, 0.25) is 0 Å². The predicted molar refractivity (Wildman–Crippen MR) is 101 cm³/mol. The molecule has 0 saturated carbocycles. The van der Waals surface area contributed by atoms with E-state index >= 15 is 0 Å². The molecule has 2 N–H and O–H groups in total. The average molecular weight is 341 g/mol. The van der Waals surface area contributed by atoms with Gasteiger partial charge in [-0.3, -0.25) is 4.79 Å². The highest BCUT2D eigenvalue weighted by Gasteiger charge is 2.16. The zero-order chi connectivity index (χ0) is 17.9. The fourth-order valence-corrected chi connectivity index (χ4v) is 2.89. The van der Waals surface area contributed by atoms with Crippen LogP contribution in [-0.2, 0) is 0 Å². The molecular formula is C21H15N3O2. The summed E-state index contributed by atoms with van der Waals surface area (Å²) in [6.07, 6.45) is 1.50. The number of carbonyl (C=O) groups is 1. The minimum atomic E-state index is -0.270. The Bertz CT molecular complexity index is 1100. The zero-order valence-electron chi connectivity index (χ0n) is 13.8. The van der Waals surface area contributed by atoms with Gasteiger partial charge in [0.05, 0.1) is 11.2 Å². The maximum absolute atomic E-state index is 12.8. The van der Waals surface area contributed by atoms with E-state index in [0.717, 1.165) is 16.5 Å². The Morgan fingerprint density at radius 1 is 0.885 bits per heavy atom. The summed E-state index contributed by atoms with van der Waals surface area (Å²) >= 11 is 0. The molecular weight excluding hydrogens is 326 g/mol. The summed E-state index contributed by atoms with van der Waals surface area (Å²) in [7, 11) is 0. The Hall–Kier alpha value is -3.73. The normalized spacial score (nSPS) is 10.6. The van der Waals surface area contributed by atoms with E-state index in [-0.39, 0.29) is 11.7 Å². The van der Waals surface area contributed by atoms with Gasteiger partial charge < -0.3 is 10.4 Å². The van der Waals surface area contributed by atoms with E-state index in [1.165, 1.54) is 12.4 Å². The summed E-state index contributed by atoms with van der Waals surface area (Å²) in [6.45, 7) is 0. The molecule has 0 radical (unpaired) electrons. The number of aromatic hydroxyl groups is 1. The van der Waals surface area contributed by atoms with Crippen molar-refractivity contribution in [3.63, 3.8) is 0 Å². The molecule has 1 heterocycles. The molecule has 0 fully saturated rings. The van der Waals surface area contributed by atoms with E-state index in [1.807, 2.05) is 42.5 Å². The first kappa shape index (κ1) is 15.8. The minimum absolute atomic E-state index is 0.0953. The van der Waals surface area contributed by atoms with Gasteiger partial charge in [-0.25, -0.2) is 9.97 Å². The molecule has 5 heteroatoms. The minimum Gasteiger partial charge on any atom is -0.508 e. The molecule has 3 aromatic carbocycles. The number of anilines is 1. The average Bonchev–Trinajstić information content (AvgIpc) is 2.67. The van der Waals surface area contributed by atoms with Gasteiger partial charge in [-0.05, 0) is 24.3 Å². The summed E-state index contributed by atoms with van der Waals surface area (Å²) in [5, 5.41) is 13.3. The number of phenols is 1. The van der Waals surface area contributed by atoms with Gasteiger partial charge in [-0.2, -0.15) is 0 Å². The van der Waals surface area contributed by atoms with Gasteiger partial charge in [0.15, 0.2) is 0 Å². The smallest absolute Gasteiger partial charge is 0.256 e. The number of amides is 1. The molecule has 126 valence electrons. The van der Waals surface area contributed by atoms with Crippen molar-refractivity contribution in [2.45, 2.75) is 0 Å². The highest BCUT2D eigenvalue weighted by molar-refractivity contribution is 6.10. The number of hydrogen-bond donors (Lipinski definition) is 2. The van der Waals surface area contributed by atoms with Gasteiger partial charge in [0, 0.05) is 28.3 Å². The molecule has 4 aromatic rings. The number of carbonyl (C=O) groups excluding carboxylic acids is 1. The number of aromatic nitrogens is 2. The second-order valence-corrected chi connectivity index (χ2v) is 5.79. The lowest BCUT2D eigenvalue weighted by Gasteiger charge is -2.11. The van der Waals surface area contributed by atoms with E-state index in [0.29, 0.717) is 16.9 Å². The Labute approximate surface area is 150 Å². The first-order valence-electron chi connectivity index (χ1n) is 8.12. The van der Waals surface area contributed by atoms with Crippen LogP contribution in [0.25, 0.3) is 22.2 Å². The maximum atomic E-state index is 12.8. The van der Waals surface area contributed by atoms with Crippen LogP contribution in [0.15, 0.2) is 79.1 Å². The van der Waals surface area contributed by atoms with E-state index in [2.05, 4.69) is 15.3 Å². The molecule has 0 aliphatic heterocycles. The number of phenolic OH excluding ortho intramolecular Hbond substituents is 1. The molecule has 5 nitrogen and oxygen atoms in total. The molecule has 1 aromatic heterocycles. The van der Waals surface area contributed by atoms with Crippen LogP contribution in [-0.4, -0.2) is 21.0 Å². The van der Waals surface area contributed by atoms with Crippen LogP contribution in [0.3, 0.4) is 0 Å². The fraction of sp³-hybridized carbons (Fsp3) is 0. The Morgan fingerprint density at radius 3 is 2.58 bits per heavy atom. The first-order valence-corrected chi connectivity index (χ1v) is 8.12. The van der Waals surface area contributed by atoms with Crippen LogP contribution in [0, 0.1) is 0 Å². The van der Waals surface area contributed by atoms with Crippen molar-refractivity contribution in [2.24, 2.45) is 0 Å². The van der Waals surface area contributed by atoms with Gasteiger partial charge in [0.25, 0.3) is 5.91 Å². The van der Waals surface area contributed by atoms with E-state index < -0.39 is 0 Å². The highest BCUT2D eigenvalue weighted by atomic mass is 16.3. The summed E-state index contributed by atoms with van der Waals surface area (Å²) in [5.74, 6) is -0.174. The Kier molecular flexibility index (Phi) is 4.03. The number of fused-ring (bicyclic) bond motifs is 1. The van der Waals surface area contributed by atoms with Crippen molar-refractivity contribution in [1.82, 2.24) is 9.97 Å². The van der Waals surface area contributed by atoms with Gasteiger partial charge in [-0.1, -0.05) is 42.5 Å². The standard InChI is InChI=1S/C21H15N3O2/c25-15-7-5-6-14(12-15)24-21(26)17-9-2-1-8-16(17)20-18-10-3-4-11-19(18)22-13-23-20/h1-13,25H,(H,24,26). The lowest BCUT2D eigenvalue weighted by atomic mass is 10.0. The first-order chi connectivity index (χ1) is 12.7. The third-order valence-electron chi connectivity index (χ3n) is 4.07. The van der Waals surface area contributed by atoms with Crippen LogP contribution >= 0.6 is 0 Å².